The molecular formula is C16H8Li2O4. The van der Waals surface area contributed by atoms with E-state index in [0.29, 0.717) is 10.8 Å². The van der Waals surface area contributed by atoms with E-state index in [2.05, 4.69) is 0 Å². The van der Waals surface area contributed by atoms with Crippen molar-refractivity contribution in [2.45, 2.75) is 0 Å². The third-order valence-corrected chi connectivity index (χ3v) is 3.31. The smallest absolute Gasteiger partial charge is 0.545 e. The standard InChI is InChI=1S/C16H10O4.2Li/c17-15(18)12-6-5-11-7-9-3-1-2-4-10(9)8-13(11)14(12)16(19)20;;/h1-8H,(H,17,18)(H,19,20);;/q;2*+1/p-2. The van der Waals surface area contributed by atoms with Gasteiger partial charge in [-0.2, -0.15) is 0 Å². The van der Waals surface area contributed by atoms with Crippen molar-refractivity contribution in [2.24, 2.45) is 0 Å². The van der Waals surface area contributed by atoms with Gasteiger partial charge in [0.05, 0.1) is 11.9 Å². The molecule has 22 heavy (non-hydrogen) atoms. The molecule has 0 fully saturated rings. The molecular weight excluding hydrogens is 270 g/mol. The fraction of sp³-hybridized carbons (Fsp3) is 0. The van der Waals surface area contributed by atoms with Crippen molar-refractivity contribution in [2.75, 3.05) is 0 Å². The zero-order valence-corrected chi connectivity index (χ0v) is 12.3. The van der Waals surface area contributed by atoms with Crippen LogP contribution in [-0.4, -0.2) is 11.9 Å². The number of hydrogen-bond donors (Lipinski definition) is 0. The molecule has 0 N–H and O–H groups in total. The van der Waals surface area contributed by atoms with Crippen LogP contribution in [0.5, 0.6) is 0 Å². The van der Waals surface area contributed by atoms with Gasteiger partial charge in [0.25, 0.3) is 0 Å². The number of hydrogen-bond acceptors (Lipinski definition) is 4. The summed E-state index contributed by atoms with van der Waals surface area (Å²) in [5.74, 6) is -3.05. The van der Waals surface area contributed by atoms with Gasteiger partial charge in [-0.05, 0) is 33.7 Å². The molecule has 0 unspecified atom stereocenters. The molecule has 0 saturated heterocycles. The molecule has 0 bridgehead atoms. The molecule has 0 heterocycles. The van der Waals surface area contributed by atoms with Crippen LogP contribution in [0, 0.1) is 0 Å². The maximum absolute atomic E-state index is 11.3. The van der Waals surface area contributed by atoms with E-state index in [4.69, 9.17) is 0 Å². The second-order valence-electron chi connectivity index (χ2n) is 4.48. The summed E-state index contributed by atoms with van der Waals surface area (Å²) < 4.78 is 0. The zero-order valence-electron chi connectivity index (χ0n) is 12.3. The molecule has 0 spiro atoms. The third-order valence-electron chi connectivity index (χ3n) is 3.31. The van der Waals surface area contributed by atoms with Gasteiger partial charge in [-0.25, -0.2) is 0 Å². The molecule has 0 aliphatic rings. The van der Waals surface area contributed by atoms with Gasteiger partial charge in [0, 0.05) is 11.1 Å². The van der Waals surface area contributed by atoms with E-state index in [9.17, 15) is 19.8 Å². The maximum Gasteiger partial charge on any atom is 1.00 e. The fourth-order valence-electron chi connectivity index (χ4n) is 2.40. The molecule has 6 heteroatoms. The average Bonchev–Trinajstić information content (AvgIpc) is 2.43. The molecule has 3 aromatic rings. The second kappa shape index (κ2) is 7.05. The molecule has 98 valence electrons. The zero-order chi connectivity index (χ0) is 14.3. The van der Waals surface area contributed by atoms with Gasteiger partial charge < -0.3 is 19.8 Å². The van der Waals surface area contributed by atoms with Crippen LogP contribution in [0.25, 0.3) is 21.5 Å². The summed E-state index contributed by atoms with van der Waals surface area (Å²) in [7, 11) is 0. The van der Waals surface area contributed by atoms with E-state index in [1.54, 1.807) is 12.1 Å². The van der Waals surface area contributed by atoms with Gasteiger partial charge in [-0.1, -0.05) is 36.4 Å². The van der Waals surface area contributed by atoms with Crippen molar-refractivity contribution < 1.29 is 57.5 Å². The summed E-state index contributed by atoms with van der Waals surface area (Å²) in [6.07, 6.45) is 0. The largest absolute Gasteiger partial charge is 1.00 e. The van der Waals surface area contributed by atoms with Crippen LogP contribution in [0.15, 0.2) is 48.5 Å². The van der Waals surface area contributed by atoms with E-state index in [0.717, 1.165) is 10.8 Å². The first-order chi connectivity index (χ1) is 9.58. The molecule has 0 aliphatic carbocycles. The molecule has 3 rings (SSSR count). The van der Waals surface area contributed by atoms with Crippen LogP contribution in [0.3, 0.4) is 0 Å². The van der Waals surface area contributed by atoms with Crippen molar-refractivity contribution in [1.29, 1.82) is 0 Å². The number of fused-ring (bicyclic) bond motifs is 2. The average molecular weight is 278 g/mol. The quantitative estimate of drug-likeness (QED) is 0.346. The minimum Gasteiger partial charge on any atom is -0.545 e. The van der Waals surface area contributed by atoms with Crippen LogP contribution in [0.2, 0.25) is 0 Å². The number of carbonyl (C=O) groups is 2. The predicted octanol–water partition coefficient (Wildman–Crippen LogP) is -5.27. The molecule has 0 saturated carbocycles. The summed E-state index contributed by atoms with van der Waals surface area (Å²) in [6, 6.07) is 13.7. The Hall–Kier alpha value is -1.69. The van der Waals surface area contributed by atoms with Gasteiger partial charge in [0.2, 0.25) is 0 Å². The van der Waals surface area contributed by atoms with E-state index < -0.39 is 11.9 Å². The fourth-order valence-corrected chi connectivity index (χ4v) is 2.40. The minimum absolute atomic E-state index is 0. The van der Waals surface area contributed by atoms with E-state index >= 15 is 0 Å². The van der Waals surface area contributed by atoms with E-state index in [1.165, 1.54) is 6.07 Å². The second-order valence-corrected chi connectivity index (χ2v) is 4.48. The van der Waals surface area contributed by atoms with Gasteiger partial charge in [-0.15, -0.1) is 0 Å². The Morgan fingerprint density at radius 3 is 1.86 bits per heavy atom. The Bertz CT molecular complexity index is 875. The molecule has 4 nitrogen and oxygen atoms in total. The first kappa shape index (κ1) is 18.4. The third kappa shape index (κ3) is 3.07. The number of benzene rings is 3. The molecule has 3 aromatic carbocycles. The van der Waals surface area contributed by atoms with Crippen LogP contribution >= 0.6 is 0 Å². The summed E-state index contributed by atoms with van der Waals surface area (Å²) in [6.45, 7) is 0. The number of aromatic carboxylic acids is 2. The number of carboxylic acids is 2. The topological polar surface area (TPSA) is 80.3 Å². The van der Waals surface area contributed by atoms with Gasteiger partial charge in [0.15, 0.2) is 0 Å². The first-order valence-corrected chi connectivity index (χ1v) is 5.96. The summed E-state index contributed by atoms with van der Waals surface area (Å²) in [5, 5.41) is 25.1. The van der Waals surface area contributed by atoms with Crippen LogP contribution in [0.1, 0.15) is 20.7 Å². The van der Waals surface area contributed by atoms with Gasteiger partial charge in [0.1, 0.15) is 0 Å². The van der Waals surface area contributed by atoms with Crippen molar-refractivity contribution in [3.8, 4) is 0 Å². The Morgan fingerprint density at radius 2 is 1.32 bits per heavy atom. The number of carbonyl (C=O) groups excluding carboxylic acids is 2. The monoisotopic (exact) mass is 278 g/mol. The Labute approximate surface area is 150 Å². The number of rotatable bonds is 2. The Morgan fingerprint density at radius 1 is 0.727 bits per heavy atom. The van der Waals surface area contributed by atoms with Crippen LogP contribution in [0.4, 0.5) is 0 Å². The summed E-state index contributed by atoms with van der Waals surface area (Å²) in [4.78, 5) is 22.3. The van der Waals surface area contributed by atoms with Gasteiger partial charge in [-0.3, -0.25) is 0 Å². The van der Waals surface area contributed by atoms with Crippen molar-refractivity contribution >= 4 is 33.5 Å². The molecule has 0 atom stereocenters. The Kier molecular flexibility index (Phi) is 5.88. The minimum atomic E-state index is -1.53. The van der Waals surface area contributed by atoms with E-state index in [1.807, 2.05) is 30.3 Å². The molecule has 0 radical (unpaired) electrons. The SMILES string of the molecule is O=C([O-])c1ccc2cc3ccccc3cc2c1C(=O)[O-].[Li+].[Li+]. The molecule has 0 aliphatic heterocycles. The van der Waals surface area contributed by atoms with Crippen molar-refractivity contribution in [3.63, 3.8) is 0 Å². The molecule has 0 amide bonds. The van der Waals surface area contributed by atoms with Crippen LogP contribution in [-0.2, 0) is 0 Å². The van der Waals surface area contributed by atoms with Crippen LogP contribution < -0.4 is 47.9 Å². The number of carboxylic acid groups (broad SMARTS) is 2. The maximum atomic E-state index is 11.3. The summed E-state index contributed by atoms with van der Waals surface area (Å²) in [5.41, 5.74) is -0.707. The normalized spacial score (nSPS) is 9.82. The molecule has 0 aromatic heterocycles. The van der Waals surface area contributed by atoms with Crippen molar-refractivity contribution in [3.05, 3.63) is 59.7 Å². The van der Waals surface area contributed by atoms with E-state index in [-0.39, 0.29) is 48.8 Å². The predicted molar refractivity (Wildman–Crippen MR) is 70.1 cm³/mol. The van der Waals surface area contributed by atoms with Gasteiger partial charge >= 0.3 is 37.7 Å². The summed E-state index contributed by atoms with van der Waals surface area (Å²) >= 11 is 0. The first-order valence-electron chi connectivity index (χ1n) is 5.96. The Balaban J connectivity index is 0.00000121. The van der Waals surface area contributed by atoms with Crippen molar-refractivity contribution in [1.82, 2.24) is 0 Å².